The number of nitrogens with zero attached hydrogens (tertiary/aromatic N) is 3. The zero-order valence-corrected chi connectivity index (χ0v) is 14.0. The van der Waals surface area contributed by atoms with Gasteiger partial charge in [-0.2, -0.15) is 36.7 Å². The number of aromatic nitrogens is 2. The summed E-state index contributed by atoms with van der Waals surface area (Å²) in [4.78, 5) is -2.32. The summed E-state index contributed by atoms with van der Waals surface area (Å²) >= 11 is 11.7. The molecule has 0 amide bonds. The lowest BCUT2D eigenvalue weighted by molar-refractivity contribution is -0.141. The summed E-state index contributed by atoms with van der Waals surface area (Å²) in [6, 6.07) is 1.28. The lowest BCUT2D eigenvalue weighted by atomic mass is 10.1. The number of hydrogen-bond acceptors (Lipinski definition) is 4. The average molecular weight is 423 g/mol. The van der Waals surface area contributed by atoms with Gasteiger partial charge in [-0.05, 0) is 30.0 Å². The van der Waals surface area contributed by atoms with E-state index in [1.807, 2.05) is 0 Å². The highest BCUT2D eigenvalue weighted by molar-refractivity contribution is 8.04. The normalized spacial score (nSPS) is 24.1. The summed E-state index contributed by atoms with van der Waals surface area (Å²) in [5, 5.41) is 10.7. The van der Waals surface area contributed by atoms with E-state index in [0.717, 1.165) is 18.2 Å². The summed E-state index contributed by atoms with van der Waals surface area (Å²) < 4.78 is 76.5. The second-order valence-electron chi connectivity index (χ2n) is 4.71. The molecule has 0 saturated carbocycles. The highest BCUT2D eigenvalue weighted by atomic mass is 35.5. The molecule has 1 heterocycles. The minimum atomic E-state index is -4.98. The highest BCUT2D eigenvalue weighted by Crippen LogP contribution is 2.45. The van der Waals surface area contributed by atoms with Gasteiger partial charge in [-0.1, -0.05) is 11.6 Å². The van der Waals surface area contributed by atoms with Crippen LogP contribution in [0.3, 0.4) is 0 Å². The lowest BCUT2D eigenvalue weighted by Gasteiger charge is -2.31. The third-order valence-corrected chi connectivity index (χ3v) is 4.87. The van der Waals surface area contributed by atoms with Crippen LogP contribution in [0.25, 0.3) is 0 Å². The van der Waals surface area contributed by atoms with Crippen LogP contribution >= 0.6 is 35.0 Å². The van der Waals surface area contributed by atoms with E-state index in [-0.39, 0.29) is 4.91 Å². The molecular weight excluding hydrogens is 417 g/mol. The molecule has 0 aromatic carbocycles. The van der Waals surface area contributed by atoms with Crippen molar-refractivity contribution in [3.63, 3.8) is 0 Å². The van der Waals surface area contributed by atoms with E-state index in [4.69, 9.17) is 34.2 Å². The van der Waals surface area contributed by atoms with Crippen molar-refractivity contribution < 1.29 is 26.3 Å². The van der Waals surface area contributed by atoms with Crippen molar-refractivity contribution >= 4 is 40.8 Å². The van der Waals surface area contributed by atoms with E-state index in [9.17, 15) is 26.3 Å². The highest BCUT2D eigenvalue weighted by Gasteiger charge is 2.45. The first-order valence-electron chi connectivity index (χ1n) is 6.15. The fraction of sp³-hybridized carbons (Fsp3) is 0.333. The summed E-state index contributed by atoms with van der Waals surface area (Å²) in [5.74, 6) is -0.708. The second-order valence-corrected chi connectivity index (χ2v) is 6.92. The molecule has 0 bridgehead atoms. The van der Waals surface area contributed by atoms with E-state index in [0.29, 0.717) is 4.68 Å². The van der Waals surface area contributed by atoms with Crippen LogP contribution in [0.2, 0.25) is 0 Å². The Hall–Kier alpha value is -1.51. The number of anilines is 1. The predicted molar refractivity (Wildman–Crippen MR) is 80.7 cm³/mol. The van der Waals surface area contributed by atoms with Crippen molar-refractivity contribution in [3.8, 4) is 6.07 Å². The van der Waals surface area contributed by atoms with Gasteiger partial charge in [0.05, 0.1) is 5.38 Å². The van der Waals surface area contributed by atoms with Gasteiger partial charge in [-0.15, -0.1) is 11.6 Å². The van der Waals surface area contributed by atoms with Crippen molar-refractivity contribution in [1.82, 2.24) is 9.78 Å². The number of alkyl halides is 8. The van der Waals surface area contributed by atoms with Crippen molar-refractivity contribution in [2.24, 2.45) is 0 Å². The molecule has 0 saturated heterocycles. The quantitative estimate of drug-likeness (QED) is 0.560. The molecule has 1 aromatic heterocycles. The lowest BCUT2D eigenvalue weighted by Crippen LogP contribution is -2.37. The standard InChI is InChI=1S/C12H6Cl2F6N4S/c13-7-3-5(25-12(18,19)20)1-2-10(7,14)24-9(22)6(4-21)8(23-24)11(15,16)17/h1-3,7H,22H2. The molecule has 0 spiro atoms. The van der Waals surface area contributed by atoms with Crippen LogP contribution in [0.1, 0.15) is 11.3 Å². The van der Waals surface area contributed by atoms with Gasteiger partial charge in [0.2, 0.25) is 0 Å². The fourth-order valence-electron chi connectivity index (χ4n) is 2.00. The SMILES string of the molecule is N#Cc1c(C(F)(F)F)nn(C2(Cl)C=CC(SC(F)(F)F)=CC2Cl)c1N. The van der Waals surface area contributed by atoms with Gasteiger partial charge < -0.3 is 5.73 Å². The number of hydrogen-bond donors (Lipinski definition) is 1. The number of rotatable bonds is 2. The molecule has 1 aliphatic carbocycles. The van der Waals surface area contributed by atoms with Crippen LogP contribution in [0.5, 0.6) is 0 Å². The Morgan fingerprint density at radius 2 is 1.92 bits per heavy atom. The van der Waals surface area contributed by atoms with E-state index in [1.165, 1.54) is 6.07 Å². The summed E-state index contributed by atoms with van der Waals surface area (Å²) in [6.45, 7) is 0. The zero-order valence-electron chi connectivity index (χ0n) is 11.7. The second kappa shape index (κ2) is 6.34. The zero-order chi connectivity index (χ0) is 19.2. The Morgan fingerprint density at radius 1 is 1.32 bits per heavy atom. The Labute approximate surface area is 150 Å². The van der Waals surface area contributed by atoms with Crippen LogP contribution in [-0.2, 0) is 11.2 Å². The van der Waals surface area contributed by atoms with Gasteiger partial charge in [0.1, 0.15) is 17.5 Å². The van der Waals surface area contributed by atoms with E-state index in [1.54, 1.807) is 0 Å². The first kappa shape index (κ1) is 19.8. The summed E-state index contributed by atoms with van der Waals surface area (Å²) in [6.07, 6.45) is -2.20. The first-order valence-corrected chi connectivity index (χ1v) is 7.78. The van der Waals surface area contributed by atoms with Crippen LogP contribution in [0.15, 0.2) is 23.1 Å². The first-order chi connectivity index (χ1) is 11.3. The van der Waals surface area contributed by atoms with Crippen LogP contribution in [0.4, 0.5) is 32.2 Å². The minimum absolute atomic E-state index is 0.300. The predicted octanol–water partition coefficient (Wildman–Crippen LogP) is 4.56. The number of nitrogen functional groups attached to an aromatic ring is 1. The molecule has 2 rings (SSSR count). The molecule has 0 radical (unpaired) electrons. The average Bonchev–Trinajstić information content (AvgIpc) is 2.79. The fourth-order valence-corrected chi connectivity index (χ4v) is 3.24. The Balaban J connectivity index is 2.49. The number of thioether (sulfide) groups is 1. The Kier molecular flexibility index (Phi) is 5.02. The van der Waals surface area contributed by atoms with Gasteiger partial charge in [0, 0.05) is 4.91 Å². The number of allylic oxidation sites excluding steroid dienone is 3. The number of nitrogens with two attached hydrogens (primary N) is 1. The molecule has 25 heavy (non-hydrogen) atoms. The maximum atomic E-state index is 12.9. The maximum Gasteiger partial charge on any atom is 0.446 e. The summed E-state index contributed by atoms with van der Waals surface area (Å²) in [7, 11) is 0. The topological polar surface area (TPSA) is 67.6 Å². The summed E-state index contributed by atoms with van der Waals surface area (Å²) in [5.41, 5.74) is -1.58. The van der Waals surface area contributed by atoms with Crippen LogP contribution < -0.4 is 5.73 Å². The molecule has 2 unspecified atom stereocenters. The number of nitriles is 1. The van der Waals surface area contributed by atoms with Gasteiger partial charge >= 0.3 is 11.7 Å². The van der Waals surface area contributed by atoms with Crippen molar-refractivity contribution in [1.29, 1.82) is 5.26 Å². The third-order valence-electron chi connectivity index (χ3n) is 3.04. The molecule has 13 heteroatoms. The molecule has 2 N–H and O–H groups in total. The van der Waals surface area contributed by atoms with E-state index in [2.05, 4.69) is 5.10 Å². The van der Waals surface area contributed by atoms with Gasteiger partial charge in [0.25, 0.3) is 0 Å². The molecule has 0 aliphatic heterocycles. The molecule has 4 nitrogen and oxygen atoms in total. The molecular formula is C12H6Cl2F6N4S. The number of halogens is 8. The van der Waals surface area contributed by atoms with E-state index >= 15 is 0 Å². The van der Waals surface area contributed by atoms with Gasteiger partial charge in [0.15, 0.2) is 10.7 Å². The van der Waals surface area contributed by atoms with Crippen molar-refractivity contribution in [3.05, 3.63) is 34.4 Å². The van der Waals surface area contributed by atoms with Gasteiger partial charge in [-0.25, -0.2) is 4.68 Å². The molecule has 1 aromatic rings. The van der Waals surface area contributed by atoms with Gasteiger partial charge in [-0.3, -0.25) is 0 Å². The van der Waals surface area contributed by atoms with Crippen molar-refractivity contribution in [2.75, 3.05) is 5.73 Å². The Morgan fingerprint density at radius 3 is 2.32 bits per heavy atom. The molecule has 1 aliphatic rings. The smallest absolute Gasteiger partial charge is 0.383 e. The molecule has 136 valence electrons. The minimum Gasteiger partial charge on any atom is -0.383 e. The van der Waals surface area contributed by atoms with Crippen LogP contribution in [-0.4, -0.2) is 20.7 Å². The maximum absolute atomic E-state index is 12.9. The van der Waals surface area contributed by atoms with Crippen LogP contribution in [0, 0.1) is 11.3 Å². The third kappa shape index (κ3) is 3.86. The molecule has 2 atom stereocenters. The largest absolute Gasteiger partial charge is 0.446 e. The Bertz CT molecular complexity index is 791. The van der Waals surface area contributed by atoms with Crippen molar-refractivity contribution in [2.45, 2.75) is 22.1 Å². The van der Waals surface area contributed by atoms with E-state index < -0.39 is 50.9 Å². The molecule has 0 fully saturated rings. The monoisotopic (exact) mass is 422 g/mol.